The minimum Gasteiger partial charge on any atom is -0.459 e. The van der Waals surface area contributed by atoms with E-state index in [1.807, 2.05) is 0 Å². The summed E-state index contributed by atoms with van der Waals surface area (Å²) < 4.78 is 45.0. The fourth-order valence-corrected chi connectivity index (χ4v) is 2.17. The second-order valence-corrected chi connectivity index (χ2v) is 5.23. The lowest BCUT2D eigenvalue weighted by atomic mass is 10.1. The third-order valence-corrected chi connectivity index (χ3v) is 3.37. The molecule has 0 bridgehead atoms. The molecule has 3 rings (SSSR count). The first-order chi connectivity index (χ1) is 12.8. The number of hydrogen-bond acceptors (Lipinski definition) is 5. The van der Waals surface area contributed by atoms with Crippen LogP contribution in [0.1, 0.15) is 26.6 Å². The third kappa shape index (κ3) is 4.29. The van der Waals surface area contributed by atoms with E-state index in [2.05, 4.69) is 20.6 Å². The molecule has 0 aliphatic carbocycles. The number of nitrogens with zero attached hydrogens (tertiary/aromatic N) is 2. The summed E-state index contributed by atoms with van der Waals surface area (Å²) in [6.07, 6.45) is 0.194. The number of aromatic nitrogens is 2. The highest BCUT2D eigenvalue weighted by Crippen LogP contribution is 2.36. The molecule has 0 radical (unpaired) electrons. The maximum Gasteiger partial charge on any atom is 0.418 e. The van der Waals surface area contributed by atoms with Crippen LogP contribution in [0, 0.1) is 0 Å². The number of hydrogen-bond donors (Lipinski definition) is 2. The predicted octanol–water partition coefficient (Wildman–Crippen LogP) is 3.59. The molecule has 0 aliphatic rings. The van der Waals surface area contributed by atoms with Gasteiger partial charge in [0.2, 0.25) is 0 Å². The van der Waals surface area contributed by atoms with Gasteiger partial charge in [0, 0.05) is 18.1 Å². The molecule has 0 unspecified atom stereocenters. The van der Waals surface area contributed by atoms with Crippen LogP contribution in [0.15, 0.2) is 59.6 Å². The van der Waals surface area contributed by atoms with Crippen molar-refractivity contribution in [3.05, 3.63) is 72.2 Å². The van der Waals surface area contributed by atoms with Gasteiger partial charge >= 0.3 is 6.18 Å². The van der Waals surface area contributed by atoms with Crippen molar-refractivity contribution in [3.8, 4) is 0 Å². The number of furan rings is 1. The molecule has 2 N–H and O–H groups in total. The highest BCUT2D eigenvalue weighted by molar-refractivity contribution is 6.04. The first-order valence-corrected chi connectivity index (χ1v) is 7.48. The number of halogens is 3. The van der Waals surface area contributed by atoms with Crippen molar-refractivity contribution in [2.75, 3.05) is 10.6 Å². The Kier molecular flexibility index (Phi) is 4.88. The summed E-state index contributed by atoms with van der Waals surface area (Å²) in [6.45, 7) is 0. The van der Waals surface area contributed by atoms with Gasteiger partial charge in [-0.1, -0.05) is 0 Å². The summed E-state index contributed by atoms with van der Waals surface area (Å²) in [6, 6.07) is 5.82. The Balaban J connectivity index is 1.86. The van der Waals surface area contributed by atoms with E-state index in [0.717, 1.165) is 12.3 Å². The summed E-state index contributed by atoms with van der Waals surface area (Å²) in [7, 11) is 0. The lowest BCUT2D eigenvalue weighted by molar-refractivity contribution is -0.136. The van der Waals surface area contributed by atoms with Crippen LogP contribution in [0.3, 0.4) is 0 Å². The number of benzene rings is 1. The molecule has 0 fully saturated rings. The van der Waals surface area contributed by atoms with Gasteiger partial charge in [0.25, 0.3) is 11.8 Å². The van der Waals surface area contributed by atoms with E-state index in [1.165, 1.54) is 36.9 Å². The van der Waals surface area contributed by atoms with E-state index in [0.29, 0.717) is 6.07 Å². The number of nitrogens with one attached hydrogen (secondary N) is 2. The molecule has 2 heterocycles. The van der Waals surface area contributed by atoms with E-state index in [9.17, 15) is 22.8 Å². The van der Waals surface area contributed by atoms with Crippen molar-refractivity contribution in [3.63, 3.8) is 0 Å². The first kappa shape index (κ1) is 18.1. The molecule has 10 heteroatoms. The molecular formula is C17H11F3N4O3. The minimum absolute atomic E-state index is 0.0522. The second kappa shape index (κ2) is 7.28. The summed E-state index contributed by atoms with van der Waals surface area (Å²) >= 11 is 0. The lowest BCUT2D eigenvalue weighted by Crippen LogP contribution is -2.18. The van der Waals surface area contributed by atoms with Crippen LogP contribution in [0.5, 0.6) is 0 Å². The highest BCUT2D eigenvalue weighted by atomic mass is 19.4. The standard InChI is InChI=1S/C17H11F3N4O3/c18-17(19,20)11-8-10(23-16(26)14-2-1-7-27-14)3-4-12(11)24-15(25)13-9-21-5-6-22-13/h1-9H,(H,23,26)(H,24,25). The zero-order chi connectivity index (χ0) is 19.4. The molecule has 0 saturated carbocycles. The molecule has 0 aliphatic heterocycles. The van der Waals surface area contributed by atoms with Crippen LogP contribution in [-0.4, -0.2) is 21.8 Å². The number of alkyl halides is 3. The Bertz CT molecular complexity index is 957. The van der Waals surface area contributed by atoms with Gasteiger partial charge in [-0.25, -0.2) is 4.98 Å². The van der Waals surface area contributed by atoms with E-state index < -0.39 is 29.2 Å². The highest BCUT2D eigenvalue weighted by Gasteiger charge is 2.34. The molecule has 0 atom stereocenters. The lowest BCUT2D eigenvalue weighted by Gasteiger charge is -2.15. The average Bonchev–Trinajstić information content (AvgIpc) is 3.17. The Morgan fingerprint density at radius 3 is 2.48 bits per heavy atom. The van der Waals surface area contributed by atoms with Crippen molar-refractivity contribution >= 4 is 23.2 Å². The van der Waals surface area contributed by atoms with Crippen LogP contribution in [0.25, 0.3) is 0 Å². The summed E-state index contributed by atoms with van der Waals surface area (Å²) in [4.78, 5) is 31.4. The number of carbonyl (C=O) groups is 2. The summed E-state index contributed by atoms with van der Waals surface area (Å²) in [5, 5.41) is 4.45. The van der Waals surface area contributed by atoms with E-state index in [-0.39, 0.29) is 17.1 Å². The van der Waals surface area contributed by atoms with Gasteiger partial charge in [-0.3, -0.25) is 14.6 Å². The maximum atomic E-state index is 13.4. The summed E-state index contributed by atoms with van der Waals surface area (Å²) in [5.41, 5.74) is -1.85. The predicted molar refractivity (Wildman–Crippen MR) is 88.1 cm³/mol. The minimum atomic E-state index is -4.77. The van der Waals surface area contributed by atoms with Crippen LogP contribution in [-0.2, 0) is 6.18 Å². The molecular weight excluding hydrogens is 365 g/mol. The monoisotopic (exact) mass is 376 g/mol. The van der Waals surface area contributed by atoms with Gasteiger partial charge < -0.3 is 15.1 Å². The fraction of sp³-hybridized carbons (Fsp3) is 0.0588. The number of rotatable bonds is 4. The van der Waals surface area contributed by atoms with Crippen molar-refractivity contribution in [2.24, 2.45) is 0 Å². The Labute approximate surface area is 150 Å². The number of amides is 2. The van der Waals surface area contributed by atoms with Gasteiger partial charge in [0.05, 0.1) is 23.7 Å². The maximum absolute atomic E-state index is 13.4. The average molecular weight is 376 g/mol. The smallest absolute Gasteiger partial charge is 0.418 e. The van der Waals surface area contributed by atoms with Crippen molar-refractivity contribution in [1.29, 1.82) is 0 Å². The van der Waals surface area contributed by atoms with E-state index in [4.69, 9.17) is 4.42 Å². The number of carbonyl (C=O) groups excluding carboxylic acids is 2. The third-order valence-electron chi connectivity index (χ3n) is 3.37. The number of anilines is 2. The molecule has 27 heavy (non-hydrogen) atoms. The normalized spacial score (nSPS) is 11.1. The SMILES string of the molecule is O=C(Nc1ccc(NC(=O)c2ccco2)cc1C(F)(F)F)c1cnccn1. The van der Waals surface area contributed by atoms with Crippen molar-refractivity contribution in [1.82, 2.24) is 9.97 Å². The van der Waals surface area contributed by atoms with E-state index >= 15 is 0 Å². The van der Waals surface area contributed by atoms with Gasteiger partial charge in [0.1, 0.15) is 5.69 Å². The second-order valence-electron chi connectivity index (χ2n) is 5.23. The topological polar surface area (TPSA) is 97.1 Å². The van der Waals surface area contributed by atoms with Gasteiger partial charge in [-0.2, -0.15) is 13.2 Å². The zero-order valence-corrected chi connectivity index (χ0v) is 13.4. The Hall–Kier alpha value is -3.69. The van der Waals surface area contributed by atoms with Crippen LogP contribution < -0.4 is 10.6 Å². The largest absolute Gasteiger partial charge is 0.459 e. The van der Waals surface area contributed by atoms with Crippen molar-refractivity contribution < 1.29 is 27.2 Å². The van der Waals surface area contributed by atoms with E-state index in [1.54, 1.807) is 0 Å². The van der Waals surface area contributed by atoms with Gasteiger partial charge in [0.15, 0.2) is 5.76 Å². The molecule has 138 valence electrons. The quantitative estimate of drug-likeness (QED) is 0.725. The zero-order valence-electron chi connectivity index (χ0n) is 13.4. The molecule has 0 saturated heterocycles. The fourth-order valence-electron chi connectivity index (χ4n) is 2.17. The molecule has 3 aromatic rings. The molecule has 2 aromatic heterocycles. The summed E-state index contributed by atoms with van der Waals surface area (Å²) in [5.74, 6) is -1.60. The first-order valence-electron chi connectivity index (χ1n) is 7.48. The van der Waals surface area contributed by atoms with Crippen molar-refractivity contribution in [2.45, 2.75) is 6.18 Å². The van der Waals surface area contributed by atoms with Crippen LogP contribution in [0.2, 0.25) is 0 Å². The van der Waals surface area contributed by atoms with Gasteiger partial charge in [-0.05, 0) is 30.3 Å². The van der Waals surface area contributed by atoms with Crippen LogP contribution in [0.4, 0.5) is 24.5 Å². The van der Waals surface area contributed by atoms with Gasteiger partial charge in [-0.15, -0.1) is 0 Å². The molecule has 1 aromatic carbocycles. The molecule has 0 spiro atoms. The Morgan fingerprint density at radius 1 is 1.04 bits per heavy atom. The Morgan fingerprint density at radius 2 is 1.85 bits per heavy atom. The molecule has 7 nitrogen and oxygen atoms in total. The molecule has 2 amide bonds. The van der Waals surface area contributed by atoms with Crippen LogP contribution >= 0.6 is 0 Å².